The zero-order chi connectivity index (χ0) is 20.2. The molecule has 1 aliphatic rings. The lowest BCUT2D eigenvalue weighted by atomic mass is 10.1. The van der Waals surface area contributed by atoms with Crippen molar-refractivity contribution in [2.24, 2.45) is 0 Å². The van der Waals surface area contributed by atoms with Gasteiger partial charge >= 0.3 is 0 Å². The molecule has 1 fully saturated rings. The Morgan fingerprint density at radius 2 is 2.14 bits per heavy atom. The number of H-pyrrole nitrogens is 1. The van der Waals surface area contributed by atoms with E-state index in [1.54, 1.807) is 29.2 Å². The Hall–Kier alpha value is -3.05. The molecule has 5 rings (SSSR count). The fourth-order valence-electron chi connectivity index (χ4n) is 3.76. The number of morpholine rings is 1. The highest BCUT2D eigenvalue weighted by molar-refractivity contribution is 7.90. The lowest BCUT2D eigenvalue weighted by molar-refractivity contribution is 0.0987. The van der Waals surface area contributed by atoms with Gasteiger partial charge < -0.3 is 9.64 Å². The molecule has 0 aliphatic carbocycles. The number of pyridine rings is 2. The third-order valence-corrected chi connectivity index (χ3v) is 6.09. The van der Waals surface area contributed by atoms with Crippen molar-refractivity contribution in [3.05, 3.63) is 30.7 Å². The van der Waals surface area contributed by atoms with E-state index in [4.69, 9.17) is 9.72 Å². The molecule has 10 nitrogen and oxygen atoms in total. The molecule has 0 amide bonds. The van der Waals surface area contributed by atoms with Gasteiger partial charge in [0.15, 0.2) is 26.3 Å². The highest BCUT2D eigenvalue weighted by atomic mass is 32.2. The first kappa shape index (κ1) is 18.0. The molecule has 0 radical (unpaired) electrons. The summed E-state index contributed by atoms with van der Waals surface area (Å²) in [4.78, 5) is 11.2. The molecule has 0 bridgehead atoms. The molecule has 0 unspecified atom stereocenters. The molecule has 1 N–H and O–H groups in total. The summed E-state index contributed by atoms with van der Waals surface area (Å²) in [6.07, 6.45) is 5.98. The minimum atomic E-state index is -3.57. The van der Waals surface area contributed by atoms with Crippen LogP contribution in [0.1, 0.15) is 6.92 Å². The summed E-state index contributed by atoms with van der Waals surface area (Å²) in [5, 5.41) is 13.3. The molecule has 4 aromatic rings. The van der Waals surface area contributed by atoms with Gasteiger partial charge in [0.2, 0.25) is 0 Å². The number of rotatable bonds is 3. The molecule has 1 aliphatic heterocycles. The van der Waals surface area contributed by atoms with E-state index in [0.717, 1.165) is 11.6 Å². The van der Waals surface area contributed by atoms with E-state index >= 15 is 0 Å². The summed E-state index contributed by atoms with van der Waals surface area (Å²) in [6, 6.07) is 3.67. The predicted octanol–water partition coefficient (Wildman–Crippen LogP) is 1.32. The quantitative estimate of drug-likeness (QED) is 0.534. The second-order valence-corrected chi connectivity index (χ2v) is 9.02. The second kappa shape index (κ2) is 6.49. The number of nitrogens with zero attached hydrogens (tertiary/aromatic N) is 6. The van der Waals surface area contributed by atoms with Gasteiger partial charge in [0.25, 0.3) is 0 Å². The fourth-order valence-corrected chi connectivity index (χ4v) is 4.60. The van der Waals surface area contributed by atoms with E-state index < -0.39 is 9.84 Å². The summed E-state index contributed by atoms with van der Waals surface area (Å²) < 4.78 is 32.2. The Kier molecular flexibility index (Phi) is 4.03. The first-order valence-corrected chi connectivity index (χ1v) is 11.1. The van der Waals surface area contributed by atoms with Crippen molar-refractivity contribution < 1.29 is 13.2 Å². The maximum Gasteiger partial charge on any atom is 0.193 e. The largest absolute Gasteiger partial charge is 0.377 e. The van der Waals surface area contributed by atoms with Crippen LogP contribution in [0.3, 0.4) is 0 Å². The lowest BCUT2D eigenvalue weighted by Gasteiger charge is -2.35. The molecule has 0 spiro atoms. The van der Waals surface area contributed by atoms with Crippen molar-refractivity contribution in [3.63, 3.8) is 0 Å². The minimum absolute atomic E-state index is 0.0196. The standard InChI is InChI=1S/C18H19N7O3S/c1-11-10-28-8-7-24(11)16-12-3-5-19-18(29(2,26)27)15(12)13-9-21-25(17(13)22-16)14-4-6-20-23-14/h3-6,9,11H,7-8,10H2,1-2H3,(H,20,23)/t11-/m1/s1. The normalized spacial score (nSPS) is 18.0. The van der Waals surface area contributed by atoms with Crippen LogP contribution in [0.4, 0.5) is 5.82 Å². The summed E-state index contributed by atoms with van der Waals surface area (Å²) >= 11 is 0. The molecule has 1 saturated heterocycles. The number of sulfone groups is 1. The van der Waals surface area contributed by atoms with Gasteiger partial charge in [0, 0.05) is 42.0 Å². The van der Waals surface area contributed by atoms with Crippen LogP contribution in [-0.2, 0) is 14.6 Å². The van der Waals surface area contributed by atoms with Crippen molar-refractivity contribution in [1.29, 1.82) is 0 Å². The number of fused-ring (bicyclic) bond motifs is 3. The van der Waals surface area contributed by atoms with Crippen molar-refractivity contribution in [2.75, 3.05) is 30.9 Å². The van der Waals surface area contributed by atoms with Crippen LogP contribution in [0.5, 0.6) is 0 Å². The molecule has 1 atom stereocenters. The molecule has 11 heteroatoms. The molecule has 5 heterocycles. The van der Waals surface area contributed by atoms with Crippen LogP contribution in [0.15, 0.2) is 35.7 Å². The Labute approximate surface area is 166 Å². The molecular formula is C18H19N7O3S. The number of ether oxygens (including phenoxy) is 1. The summed E-state index contributed by atoms with van der Waals surface area (Å²) in [5.74, 6) is 1.26. The van der Waals surface area contributed by atoms with Gasteiger partial charge in [-0.05, 0) is 13.0 Å². The third kappa shape index (κ3) is 2.85. The van der Waals surface area contributed by atoms with Gasteiger partial charge in [-0.15, -0.1) is 0 Å². The first-order valence-electron chi connectivity index (χ1n) is 9.16. The van der Waals surface area contributed by atoms with Crippen molar-refractivity contribution in [2.45, 2.75) is 18.0 Å². The van der Waals surface area contributed by atoms with Crippen LogP contribution in [0.2, 0.25) is 0 Å². The molecule has 4 aromatic heterocycles. The van der Waals surface area contributed by atoms with Crippen LogP contribution < -0.4 is 4.90 Å². The minimum Gasteiger partial charge on any atom is -0.377 e. The van der Waals surface area contributed by atoms with Crippen LogP contribution in [0.25, 0.3) is 27.6 Å². The van der Waals surface area contributed by atoms with Crippen LogP contribution in [0, 0.1) is 0 Å². The summed E-state index contributed by atoms with van der Waals surface area (Å²) in [7, 11) is -3.57. The van der Waals surface area contributed by atoms with Crippen LogP contribution >= 0.6 is 0 Å². The number of nitrogens with one attached hydrogen (secondary N) is 1. The Morgan fingerprint density at radius 3 is 2.86 bits per heavy atom. The van der Waals surface area contributed by atoms with Crippen molar-refractivity contribution >= 4 is 37.5 Å². The highest BCUT2D eigenvalue weighted by Crippen LogP contribution is 2.36. The van der Waals surface area contributed by atoms with Gasteiger partial charge in [-0.1, -0.05) is 0 Å². The number of anilines is 1. The molecule has 0 aromatic carbocycles. The first-order chi connectivity index (χ1) is 13.9. The Balaban J connectivity index is 1.91. The number of aromatic amines is 1. The van der Waals surface area contributed by atoms with Crippen molar-refractivity contribution in [3.8, 4) is 5.82 Å². The lowest BCUT2D eigenvalue weighted by Crippen LogP contribution is -2.44. The predicted molar refractivity (Wildman–Crippen MR) is 107 cm³/mol. The summed E-state index contributed by atoms with van der Waals surface area (Å²) in [5.41, 5.74) is 0.524. The molecule has 29 heavy (non-hydrogen) atoms. The van der Waals surface area contributed by atoms with E-state index in [1.807, 2.05) is 0 Å². The summed E-state index contributed by atoms with van der Waals surface area (Å²) in [6.45, 7) is 3.86. The number of hydrogen-bond acceptors (Lipinski definition) is 8. The Bertz CT molecular complexity index is 1310. The third-order valence-electron chi connectivity index (χ3n) is 5.08. The molecule has 0 saturated carbocycles. The zero-order valence-electron chi connectivity index (χ0n) is 15.9. The average molecular weight is 413 g/mol. The highest BCUT2D eigenvalue weighted by Gasteiger charge is 2.27. The van der Waals surface area contributed by atoms with E-state index in [-0.39, 0.29) is 11.1 Å². The SMILES string of the molecule is C[C@@H]1COCCN1c1nc2c(cnn2-c2cc[nH]n2)c2c(S(C)(=O)=O)nccc12. The van der Waals surface area contributed by atoms with Crippen LogP contribution in [-0.4, -0.2) is 70.4 Å². The smallest absolute Gasteiger partial charge is 0.193 e. The maximum absolute atomic E-state index is 12.5. The second-order valence-electron chi connectivity index (χ2n) is 7.09. The van der Waals surface area contributed by atoms with E-state index in [2.05, 4.69) is 32.1 Å². The molecule has 150 valence electrons. The van der Waals surface area contributed by atoms with E-state index in [0.29, 0.717) is 47.8 Å². The van der Waals surface area contributed by atoms with Gasteiger partial charge in [-0.25, -0.2) is 18.4 Å². The van der Waals surface area contributed by atoms with Crippen molar-refractivity contribution in [1.82, 2.24) is 29.9 Å². The van der Waals surface area contributed by atoms with Gasteiger partial charge in [-0.3, -0.25) is 5.10 Å². The van der Waals surface area contributed by atoms with E-state index in [1.165, 1.54) is 6.20 Å². The number of hydrogen-bond donors (Lipinski definition) is 1. The van der Waals surface area contributed by atoms with Gasteiger partial charge in [-0.2, -0.15) is 14.9 Å². The maximum atomic E-state index is 12.5. The van der Waals surface area contributed by atoms with Gasteiger partial charge in [0.1, 0.15) is 5.82 Å². The Morgan fingerprint density at radius 1 is 1.28 bits per heavy atom. The fraction of sp³-hybridized carbons (Fsp3) is 0.333. The topological polar surface area (TPSA) is 119 Å². The molecular weight excluding hydrogens is 394 g/mol. The van der Waals surface area contributed by atoms with Gasteiger partial charge in [0.05, 0.1) is 30.8 Å². The van der Waals surface area contributed by atoms with E-state index in [9.17, 15) is 8.42 Å². The zero-order valence-corrected chi connectivity index (χ0v) is 16.7. The monoisotopic (exact) mass is 413 g/mol. The number of aromatic nitrogens is 6. The average Bonchev–Trinajstić information content (AvgIpc) is 3.36.